The molecule has 4 nitrogen and oxygen atoms in total. The number of hydrogen-bond acceptors (Lipinski definition) is 4. The van der Waals surface area contributed by atoms with Gasteiger partial charge in [0.1, 0.15) is 17.3 Å². The highest BCUT2D eigenvalue weighted by Gasteiger charge is 2.11. The maximum absolute atomic E-state index is 5.93. The lowest BCUT2D eigenvalue weighted by molar-refractivity contribution is 0.464. The summed E-state index contributed by atoms with van der Waals surface area (Å²) in [4.78, 5) is 8.76. The molecule has 20 heavy (non-hydrogen) atoms. The average molecular weight is 292 g/mol. The quantitative estimate of drug-likeness (QED) is 0.930. The maximum Gasteiger partial charge on any atom is 0.168 e. The van der Waals surface area contributed by atoms with E-state index in [0.29, 0.717) is 23.0 Å². The largest absolute Gasteiger partial charge is 0.453 e. The van der Waals surface area contributed by atoms with E-state index in [0.717, 1.165) is 17.1 Å². The van der Waals surface area contributed by atoms with E-state index >= 15 is 0 Å². The minimum Gasteiger partial charge on any atom is -0.453 e. The molecular formula is C15H18ClN3O. The van der Waals surface area contributed by atoms with E-state index in [-0.39, 0.29) is 5.92 Å². The molecule has 0 fully saturated rings. The van der Waals surface area contributed by atoms with Crippen LogP contribution in [0.25, 0.3) is 0 Å². The molecule has 0 radical (unpaired) electrons. The number of nitrogens with two attached hydrogens (primary N) is 1. The molecule has 1 aromatic carbocycles. The summed E-state index contributed by atoms with van der Waals surface area (Å²) in [5.74, 6) is 2.34. The Morgan fingerprint density at radius 1 is 1.30 bits per heavy atom. The molecule has 5 heteroatoms. The summed E-state index contributed by atoms with van der Waals surface area (Å²) >= 11 is 5.93. The minimum atomic E-state index is 0.256. The number of hydrogen-bond donors (Lipinski definition) is 1. The highest BCUT2D eigenvalue weighted by molar-refractivity contribution is 6.30. The molecule has 1 heterocycles. The first-order valence-corrected chi connectivity index (χ1v) is 6.89. The van der Waals surface area contributed by atoms with Crippen molar-refractivity contribution in [2.24, 2.45) is 5.73 Å². The lowest BCUT2D eigenvalue weighted by Gasteiger charge is -2.13. The Hall–Kier alpha value is -1.65. The van der Waals surface area contributed by atoms with E-state index in [1.165, 1.54) is 0 Å². The number of benzene rings is 1. The van der Waals surface area contributed by atoms with Crippen molar-refractivity contribution in [1.82, 2.24) is 9.97 Å². The monoisotopic (exact) mass is 291 g/mol. The van der Waals surface area contributed by atoms with Gasteiger partial charge in [0.15, 0.2) is 5.75 Å². The van der Waals surface area contributed by atoms with Gasteiger partial charge in [-0.15, -0.1) is 0 Å². The third kappa shape index (κ3) is 3.26. The third-order valence-electron chi connectivity index (χ3n) is 2.91. The van der Waals surface area contributed by atoms with E-state index in [2.05, 4.69) is 9.97 Å². The van der Waals surface area contributed by atoms with Gasteiger partial charge in [-0.3, -0.25) is 0 Å². The molecular weight excluding hydrogens is 274 g/mol. The topological polar surface area (TPSA) is 61.0 Å². The molecule has 106 valence electrons. The first-order valence-electron chi connectivity index (χ1n) is 6.51. The van der Waals surface area contributed by atoms with Crippen LogP contribution >= 0.6 is 11.6 Å². The maximum atomic E-state index is 5.93. The Morgan fingerprint density at radius 3 is 2.65 bits per heavy atom. The number of nitrogens with zero attached hydrogens (tertiary/aromatic N) is 2. The lowest BCUT2D eigenvalue weighted by Crippen LogP contribution is -2.07. The molecule has 0 saturated heterocycles. The van der Waals surface area contributed by atoms with Crippen LogP contribution in [0.3, 0.4) is 0 Å². The molecule has 2 N–H and O–H groups in total. The van der Waals surface area contributed by atoms with Gasteiger partial charge in [-0.25, -0.2) is 9.97 Å². The van der Waals surface area contributed by atoms with Gasteiger partial charge in [0.05, 0.1) is 6.20 Å². The predicted octanol–water partition coefficient (Wildman–Crippen LogP) is 3.81. The van der Waals surface area contributed by atoms with Crippen LogP contribution in [0, 0.1) is 6.92 Å². The molecule has 0 unspecified atom stereocenters. The number of aromatic nitrogens is 2. The van der Waals surface area contributed by atoms with Crippen molar-refractivity contribution in [3.63, 3.8) is 0 Å². The highest BCUT2D eigenvalue weighted by atomic mass is 35.5. The normalized spacial score (nSPS) is 10.9. The predicted molar refractivity (Wildman–Crippen MR) is 80.3 cm³/mol. The van der Waals surface area contributed by atoms with E-state index in [1.54, 1.807) is 12.3 Å². The number of halogens is 1. The zero-order chi connectivity index (χ0) is 14.7. The molecule has 2 aromatic rings. The van der Waals surface area contributed by atoms with Crippen LogP contribution in [0.15, 0.2) is 24.4 Å². The standard InChI is InChI=1S/C15H18ClN3O/c1-9(2)15-18-8-14(12(7-17)19-15)20-13-5-4-11(16)6-10(13)3/h4-6,8-9H,7,17H2,1-3H3. The molecule has 0 atom stereocenters. The summed E-state index contributed by atoms with van der Waals surface area (Å²) in [5.41, 5.74) is 7.40. The van der Waals surface area contributed by atoms with Crippen molar-refractivity contribution >= 4 is 11.6 Å². The van der Waals surface area contributed by atoms with E-state index in [4.69, 9.17) is 22.1 Å². The van der Waals surface area contributed by atoms with Gasteiger partial charge in [-0.1, -0.05) is 25.4 Å². The van der Waals surface area contributed by atoms with Crippen molar-refractivity contribution in [2.45, 2.75) is 33.2 Å². The summed E-state index contributed by atoms with van der Waals surface area (Å²) < 4.78 is 5.86. The van der Waals surface area contributed by atoms with Crippen LogP contribution in [-0.2, 0) is 6.54 Å². The first-order chi connectivity index (χ1) is 9.51. The number of aryl methyl sites for hydroxylation is 1. The van der Waals surface area contributed by atoms with Crippen LogP contribution in [0.1, 0.15) is 36.8 Å². The molecule has 0 aliphatic heterocycles. The fraction of sp³-hybridized carbons (Fsp3) is 0.333. The minimum absolute atomic E-state index is 0.256. The first kappa shape index (κ1) is 14.8. The SMILES string of the molecule is Cc1cc(Cl)ccc1Oc1cnc(C(C)C)nc1CN. The van der Waals surface area contributed by atoms with Gasteiger partial charge in [0, 0.05) is 17.5 Å². The summed E-state index contributed by atoms with van der Waals surface area (Å²) in [6.07, 6.45) is 1.68. The molecule has 0 aliphatic rings. The van der Waals surface area contributed by atoms with Crippen LogP contribution in [0.4, 0.5) is 0 Å². The van der Waals surface area contributed by atoms with Crippen LogP contribution in [0.2, 0.25) is 5.02 Å². The Morgan fingerprint density at radius 2 is 2.05 bits per heavy atom. The molecule has 0 saturated carbocycles. The summed E-state index contributed by atoms with van der Waals surface area (Å²) in [6.45, 7) is 6.33. The zero-order valence-electron chi connectivity index (χ0n) is 11.9. The molecule has 0 amide bonds. The van der Waals surface area contributed by atoms with Gasteiger partial charge < -0.3 is 10.5 Å². The summed E-state index contributed by atoms with van der Waals surface area (Å²) in [5, 5.41) is 0.681. The zero-order valence-corrected chi connectivity index (χ0v) is 12.6. The second-order valence-corrected chi connectivity index (χ2v) is 5.35. The fourth-order valence-electron chi connectivity index (χ4n) is 1.78. The highest BCUT2D eigenvalue weighted by Crippen LogP contribution is 2.29. The second kappa shape index (κ2) is 6.20. The van der Waals surface area contributed by atoms with Crippen molar-refractivity contribution < 1.29 is 4.74 Å². The average Bonchev–Trinajstić information content (AvgIpc) is 2.42. The molecule has 1 aromatic heterocycles. The van der Waals surface area contributed by atoms with Crippen molar-refractivity contribution in [1.29, 1.82) is 0 Å². The van der Waals surface area contributed by atoms with Crippen molar-refractivity contribution in [2.75, 3.05) is 0 Å². The molecule has 0 bridgehead atoms. The van der Waals surface area contributed by atoms with E-state index in [1.807, 2.05) is 32.9 Å². The summed E-state index contributed by atoms with van der Waals surface area (Å²) in [7, 11) is 0. The Kier molecular flexibility index (Phi) is 4.57. The number of ether oxygens (including phenoxy) is 1. The Balaban J connectivity index is 2.33. The number of rotatable bonds is 4. The third-order valence-corrected chi connectivity index (χ3v) is 3.15. The Labute approximate surface area is 124 Å². The molecule has 0 aliphatic carbocycles. The molecule has 2 rings (SSSR count). The van der Waals surface area contributed by atoms with Crippen LogP contribution in [0.5, 0.6) is 11.5 Å². The van der Waals surface area contributed by atoms with Crippen LogP contribution in [-0.4, -0.2) is 9.97 Å². The van der Waals surface area contributed by atoms with E-state index < -0.39 is 0 Å². The van der Waals surface area contributed by atoms with E-state index in [9.17, 15) is 0 Å². The van der Waals surface area contributed by atoms with Crippen molar-refractivity contribution in [3.8, 4) is 11.5 Å². The fourth-order valence-corrected chi connectivity index (χ4v) is 2.00. The van der Waals surface area contributed by atoms with Crippen LogP contribution < -0.4 is 10.5 Å². The van der Waals surface area contributed by atoms with Gasteiger partial charge in [0.2, 0.25) is 0 Å². The van der Waals surface area contributed by atoms with Gasteiger partial charge in [0.25, 0.3) is 0 Å². The van der Waals surface area contributed by atoms with Gasteiger partial charge in [-0.2, -0.15) is 0 Å². The van der Waals surface area contributed by atoms with Gasteiger partial charge >= 0.3 is 0 Å². The summed E-state index contributed by atoms with van der Waals surface area (Å²) in [6, 6.07) is 5.46. The molecule has 0 spiro atoms. The smallest absolute Gasteiger partial charge is 0.168 e. The Bertz CT molecular complexity index is 614. The van der Waals surface area contributed by atoms with Crippen molar-refractivity contribution in [3.05, 3.63) is 46.5 Å². The lowest BCUT2D eigenvalue weighted by atomic mass is 10.2. The second-order valence-electron chi connectivity index (χ2n) is 4.91. The van der Waals surface area contributed by atoms with Gasteiger partial charge in [-0.05, 0) is 30.7 Å².